The first kappa shape index (κ1) is 40.2. The van der Waals surface area contributed by atoms with Crippen LogP contribution in [0.3, 0.4) is 0 Å². The molecule has 0 radical (unpaired) electrons. The summed E-state index contributed by atoms with van der Waals surface area (Å²) in [6.07, 6.45) is 7.78. The minimum absolute atomic E-state index is 0.0586. The smallest absolute Gasteiger partial charge is 0.272 e. The number of amides is 1. The van der Waals surface area contributed by atoms with Crippen LogP contribution in [0.1, 0.15) is 81.5 Å². The SMILES string of the molecule is CC(C)CC(CCc1c(F)cccc1NC(=O)[C@@H](N)[C@@H](c1ccc(Cl)cc1)c1cncc(C(C)(F)F)c1)NCC#CC(C)CCCS(C)=O. The zero-order valence-corrected chi connectivity index (χ0v) is 30.4. The molecule has 0 saturated carbocycles. The van der Waals surface area contributed by atoms with E-state index in [-0.39, 0.29) is 17.5 Å². The third-order valence-corrected chi connectivity index (χ3v) is 9.40. The number of nitrogens with zero attached hydrogens (tertiary/aromatic N) is 1. The van der Waals surface area contributed by atoms with Crippen LogP contribution in [0.15, 0.2) is 60.9 Å². The van der Waals surface area contributed by atoms with E-state index in [2.05, 4.69) is 48.2 Å². The van der Waals surface area contributed by atoms with Gasteiger partial charge in [0.1, 0.15) is 5.82 Å². The highest BCUT2D eigenvalue weighted by atomic mass is 35.5. The molecule has 11 heteroatoms. The lowest BCUT2D eigenvalue weighted by Crippen LogP contribution is -2.41. The zero-order valence-electron chi connectivity index (χ0n) is 28.9. The quantitative estimate of drug-likeness (QED) is 0.124. The fourth-order valence-corrected chi connectivity index (χ4v) is 6.42. The van der Waals surface area contributed by atoms with Crippen molar-refractivity contribution >= 4 is 34.0 Å². The summed E-state index contributed by atoms with van der Waals surface area (Å²) in [5, 5.41) is 6.78. The van der Waals surface area contributed by atoms with Crippen LogP contribution in [0.25, 0.3) is 0 Å². The van der Waals surface area contributed by atoms with Crippen LogP contribution in [0.4, 0.5) is 18.9 Å². The number of hydrogen-bond acceptors (Lipinski definition) is 5. The van der Waals surface area contributed by atoms with Gasteiger partial charge in [-0.15, -0.1) is 0 Å². The van der Waals surface area contributed by atoms with Crippen molar-refractivity contribution in [2.24, 2.45) is 17.6 Å². The second-order valence-electron chi connectivity index (χ2n) is 13.1. The number of carbonyl (C=O) groups excluding carboxylic acids is 1. The van der Waals surface area contributed by atoms with Gasteiger partial charge < -0.3 is 16.4 Å². The largest absolute Gasteiger partial charge is 0.324 e. The molecule has 3 aromatic rings. The number of hydrogen-bond donors (Lipinski definition) is 3. The second kappa shape index (κ2) is 19.2. The number of carbonyl (C=O) groups is 1. The third-order valence-electron chi connectivity index (χ3n) is 8.29. The molecule has 1 heterocycles. The van der Waals surface area contributed by atoms with Gasteiger partial charge in [0.15, 0.2) is 0 Å². The number of rotatable bonds is 17. The van der Waals surface area contributed by atoms with Crippen molar-refractivity contribution in [3.63, 3.8) is 0 Å². The Labute approximate surface area is 296 Å². The molecule has 0 saturated heterocycles. The summed E-state index contributed by atoms with van der Waals surface area (Å²) in [5.74, 6) is 2.69. The molecule has 0 fully saturated rings. The highest BCUT2D eigenvalue weighted by Gasteiger charge is 2.32. The second-order valence-corrected chi connectivity index (χ2v) is 15.1. The third kappa shape index (κ3) is 13.2. The Morgan fingerprint density at radius 3 is 2.45 bits per heavy atom. The van der Waals surface area contributed by atoms with Crippen molar-refractivity contribution in [2.75, 3.05) is 23.9 Å². The number of halogens is 4. The number of pyridine rings is 1. The number of nitrogens with one attached hydrogen (secondary N) is 2. The Morgan fingerprint density at radius 1 is 1.08 bits per heavy atom. The first-order valence-electron chi connectivity index (χ1n) is 16.6. The molecule has 0 aliphatic carbocycles. The fourth-order valence-electron chi connectivity index (χ4n) is 5.72. The Hall–Kier alpha value is -3.23. The molecule has 49 heavy (non-hydrogen) atoms. The van der Waals surface area contributed by atoms with E-state index in [1.807, 2.05) is 0 Å². The van der Waals surface area contributed by atoms with Gasteiger partial charge in [-0.2, -0.15) is 0 Å². The van der Waals surface area contributed by atoms with E-state index in [0.29, 0.717) is 58.5 Å². The molecule has 0 aliphatic heterocycles. The average Bonchev–Trinajstić information content (AvgIpc) is 3.03. The molecule has 3 unspecified atom stereocenters. The summed E-state index contributed by atoms with van der Waals surface area (Å²) in [6.45, 7) is 7.58. The van der Waals surface area contributed by atoms with Crippen molar-refractivity contribution in [1.29, 1.82) is 0 Å². The van der Waals surface area contributed by atoms with Crippen LogP contribution in [0, 0.1) is 29.5 Å². The van der Waals surface area contributed by atoms with Gasteiger partial charge in [-0.05, 0) is 79.5 Å². The molecule has 6 nitrogen and oxygen atoms in total. The monoisotopic (exact) mass is 716 g/mol. The maximum absolute atomic E-state index is 15.3. The molecule has 5 atom stereocenters. The van der Waals surface area contributed by atoms with Crippen LogP contribution in [0.5, 0.6) is 0 Å². The molecular weight excluding hydrogens is 669 g/mol. The minimum atomic E-state index is -3.15. The normalized spacial score (nSPS) is 14.8. The summed E-state index contributed by atoms with van der Waals surface area (Å²) < 4.78 is 55.1. The zero-order chi connectivity index (χ0) is 36.1. The molecular formula is C38H48ClF3N4O2S. The highest BCUT2D eigenvalue weighted by molar-refractivity contribution is 7.84. The van der Waals surface area contributed by atoms with Gasteiger partial charge in [0.25, 0.3) is 5.92 Å². The van der Waals surface area contributed by atoms with Crippen LogP contribution in [-0.4, -0.2) is 45.7 Å². The summed E-state index contributed by atoms with van der Waals surface area (Å²) in [7, 11) is -0.798. The lowest BCUT2D eigenvalue weighted by atomic mass is 9.85. The fraction of sp³-hybridized carbons (Fsp3) is 0.474. The highest BCUT2D eigenvalue weighted by Crippen LogP contribution is 2.33. The Bertz CT molecular complexity index is 1600. The minimum Gasteiger partial charge on any atom is -0.324 e. The molecule has 0 spiro atoms. The van der Waals surface area contributed by atoms with Crippen LogP contribution < -0.4 is 16.4 Å². The molecule has 3 rings (SSSR count). The number of nitrogens with two attached hydrogens (primary N) is 1. The first-order chi connectivity index (χ1) is 23.1. The topological polar surface area (TPSA) is 97.1 Å². The number of alkyl halides is 2. The first-order valence-corrected chi connectivity index (χ1v) is 18.7. The maximum atomic E-state index is 15.3. The van der Waals surface area contributed by atoms with Crippen molar-refractivity contribution < 1.29 is 22.2 Å². The van der Waals surface area contributed by atoms with Gasteiger partial charge in [-0.25, -0.2) is 13.2 Å². The summed E-state index contributed by atoms with van der Waals surface area (Å²) in [5.41, 5.74) is 7.84. The molecule has 0 aliphatic rings. The van der Waals surface area contributed by atoms with Crippen LogP contribution >= 0.6 is 11.6 Å². The van der Waals surface area contributed by atoms with Gasteiger partial charge in [0.2, 0.25) is 5.91 Å². The van der Waals surface area contributed by atoms with Crippen LogP contribution in [0.2, 0.25) is 5.02 Å². The van der Waals surface area contributed by atoms with Crippen molar-refractivity contribution in [2.45, 2.75) is 83.7 Å². The Balaban J connectivity index is 1.78. The lowest BCUT2D eigenvalue weighted by molar-refractivity contribution is -0.117. The van der Waals surface area contributed by atoms with E-state index >= 15 is 4.39 Å². The van der Waals surface area contributed by atoms with Crippen molar-refractivity contribution in [1.82, 2.24) is 10.3 Å². The Morgan fingerprint density at radius 2 is 1.80 bits per heavy atom. The van der Waals surface area contributed by atoms with E-state index in [1.54, 1.807) is 36.6 Å². The van der Waals surface area contributed by atoms with Gasteiger partial charge in [0.05, 0.1) is 12.6 Å². The van der Waals surface area contributed by atoms with E-state index < -0.39 is 40.4 Å². The maximum Gasteiger partial charge on any atom is 0.272 e. The Kier molecular flexibility index (Phi) is 15.8. The average molecular weight is 717 g/mol. The molecule has 1 amide bonds. The van der Waals surface area contributed by atoms with Gasteiger partial charge in [0, 0.05) is 81.8 Å². The van der Waals surface area contributed by atoms with E-state index in [0.717, 1.165) is 32.4 Å². The number of anilines is 1. The molecule has 4 N–H and O–H groups in total. The van der Waals surface area contributed by atoms with Gasteiger partial charge >= 0.3 is 0 Å². The number of benzene rings is 2. The molecule has 1 aromatic heterocycles. The molecule has 0 bridgehead atoms. The van der Waals surface area contributed by atoms with E-state index in [4.69, 9.17) is 17.3 Å². The molecule has 2 aromatic carbocycles. The van der Waals surface area contributed by atoms with Crippen molar-refractivity contribution in [3.8, 4) is 11.8 Å². The van der Waals surface area contributed by atoms with E-state index in [1.165, 1.54) is 24.4 Å². The lowest BCUT2D eigenvalue weighted by Gasteiger charge is -2.26. The number of aromatic nitrogens is 1. The van der Waals surface area contributed by atoms with Gasteiger partial charge in [-0.3, -0.25) is 14.0 Å². The summed E-state index contributed by atoms with van der Waals surface area (Å²) in [4.78, 5) is 17.7. The van der Waals surface area contributed by atoms with Crippen LogP contribution in [-0.2, 0) is 27.9 Å². The summed E-state index contributed by atoms with van der Waals surface area (Å²) in [6, 6.07) is 11.3. The summed E-state index contributed by atoms with van der Waals surface area (Å²) >= 11 is 6.10. The van der Waals surface area contributed by atoms with Gasteiger partial charge in [-0.1, -0.05) is 62.4 Å². The predicted molar refractivity (Wildman–Crippen MR) is 195 cm³/mol. The molecule has 266 valence electrons. The van der Waals surface area contributed by atoms with Crippen molar-refractivity contribution in [3.05, 3.63) is 94.0 Å². The van der Waals surface area contributed by atoms with E-state index in [9.17, 15) is 17.8 Å². The predicted octanol–water partition coefficient (Wildman–Crippen LogP) is 7.82. The standard InChI is InChI=1S/C38H48ClF3N4O2S/c1-25(2)21-31(45-19-7-9-26(3)10-8-20-49(5)48)17-18-32-33(40)11-6-12-34(32)46-37(47)36(43)35(27-13-15-30(39)16-14-27)28-22-29(24-44-23-28)38(4,41)42/h6,11-16,22-26,31,35-36,45H,8,10,17-21,43H2,1-5H3,(H,46,47)/t26?,31?,35-,36-,49?/m0/s1.